The number of hydrogen-bond acceptors (Lipinski definition) is 1. The Morgan fingerprint density at radius 2 is 2.00 bits per heavy atom. The lowest BCUT2D eigenvalue weighted by Gasteiger charge is -2.21. The maximum atomic E-state index is 12.6. The predicted molar refractivity (Wildman–Crippen MR) is 91.2 cm³/mol. The van der Waals surface area contributed by atoms with Crippen molar-refractivity contribution in [3.05, 3.63) is 65.9 Å². The Labute approximate surface area is 130 Å². The lowest BCUT2D eigenvalue weighted by atomic mass is 10.1. The summed E-state index contributed by atoms with van der Waals surface area (Å²) in [7, 11) is 0. The Kier molecular flexibility index (Phi) is 3.96. The highest BCUT2D eigenvalue weighted by atomic mass is 16.2. The molecule has 0 unspecified atom stereocenters. The van der Waals surface area contributed by atoms with Crippen molar-refractivity contribution in [3.63, 3.8) is 0 Å². The number of nitrogens with one attached hydrogen (secondary N) is 1. The summed E-state index contributed by atoms with van der Waals surface area (Å²) in [4.78, 5) is 17.7. The summed E-state index contributed by atoms with van der Waals surface area (Å²) in [5.41, 5.74) is 4.24. The molecular weight excluding hydrogens is 272 g/mol. The first-order valence-electron chi connectivity index (χ1n) is 7.60. The van der Waals surface area contributed by atoms with E-state index >= 15 is 0 Å². The second-order valence-electron chi connectivity index (χ2n) is 5.55. The van der Waals surface area contributed by atoms with Gasteiger partial charge in [0.15, 0.2) is 0 Å². The van der Waals surface area contributed by atoms with Crippen LogP contribution >= 0.6 is 0 Å². The van der Waals surface area contributed by atoms with Crippen LogP contribution in [0, 0.1) is 6.92 Å². The molecule has 0 fully saturated rings. The standard InChI is InChI=1S/C19H20N2O/c1-3-21(17-6-4-5-14(2)11-17)19(22)13-15-7-8-16-9-10-20-18(16)12-15/h4-12,20H,3,13H2,1-2H3. The van der Waals surface area contributed by atoms with Gasteiger partial charge in [-0.05, 0) is 54.6 Å². The zero-order valence-electron chi connectivity index (χ0n) is 13.0. The van der Waals surface area contributed by atoms with Crippen LogP contribution in [0.25, 0.3) is 10.9 Å². The van der Waals surface area contributed by atoms with Crippen molar-refractivity contribution in [3.8, 4) is 0 Å². The second kappa shape index (κ2) is 6.06. The maximum Gasteiger partial charge on any atom is 0.231 e. The molecule has 3 aromatic rings. The molecule has 0 atom stereocenters. The quantitative estimate of drug-likeness (QED) is 0.773. The lowest BCUT2D eigenvalue weighted by Crippen LogP contribution is -2.32. The van der Waals surface area contributed by atoms with Gasteiger partial charge >= 0.3 is 0 Å². The number of aryl methyl sites for hydroxylation is 1. The van der Waals surface area contributed by atoms with E-state index in [4.69, 9.17) is 0 Å². The third-order valence-corrected chi connectivity index (χ3v) is 3.91. The summed E-state index contributed by atoms with van der Waals surface area (Å²) in [5, 5.41) is 1.17. The largest absolute Gasteiger partial charge is 0.361 e. The number of rotatable bonds is 4. The van der Waals surface area contributed by atoms with E-state index in [1.807, 2.05) is 55.3 Å². The fourth-order valence-electron chi connectivity index (χ4n) is 2.77. The first-order chi connectivity index (χ1) is 10.7. The number of aromatic nitrogens is 1. The summed E-state index contributed by atoms with van der Waals surface area (Å²) in [6, 6.07) is 16.2. The van der Waals surface area contributed by atoms with Crippen LogP contribution in [0.2, 0.25) is 0 Å². The molecule has 0 bridgehead atoms. The van der Waals surface area contributed by atoms with Crippen molar-refractivity contribution in [1.82, 2.24) is 4.98 Å². The molecule has 0 saturated heterocycles. The zero-order chi connectivity index (χ0) is 15.5. The van der Waals surface area contributed by atoms with Gasteiger partial charge in [-0.25, -0.2) is 0 Å². The van der Waals surface area contributed by atoms with E-state index in [0.29, 0.717) is 13.0 Å². The SMILES string of the molecule is CCN(C(=O)Cc1ccc2cc[nH]c2c1)c1cccc(C)c1. The average Bonchev–Trinajstić information content (AvgIpc) is 2.95. The number of hydrogen-bond donors (Lipinski definition) is 1. The van der Waals surface area contributed by atoms with Gasteiger partial charge in [0.2, 0.25) is 5.91 Å². The van der Waals surface area contributed by atoms with E-state index in [1.54, 1.807) is 0 Å². The first-order valence-corrected chi connectivity index (χ1v) is 7.60. The Morgan fingerprint density at radius 1 is 1.14 bits per heavy atom. The predicted octanol–water partition coefficient (Wildman–Crippen LogP) is 4.07. The number of nitrogens with zero attached hydrogens (tertiary/aromatic N) is 1. The molecule has 0 saturated carbocycles. The van der Waals surface area contributed by atoms with Crippen LogP contribution in [0.4, 0.5) is 5.69 Å². The number of H-pyrrole nitrogens is 1. The molecule has 3 rings (SSSR count). The van der Waals surface area contributed by atoms with Crippen LogP contribution in [-0.2, 0) is 11.2 Å². The van der Waals surface area contributed by atoms with Gasteiger partial charge in [-0.1, -0.05) is 24.3 Å². The van der Waals surface area contributed by atoms with E-state index in [0.717, 1.165) is 22.3 Å². The molecule has 1 aromatic heterocycles. The topological polar surface area (TPSA) is 36.1 Å². The molecule has 0 radical (unpaired) electrons. The summed E-state index contributed by atoms with van der Waals surface area (Å²) < 4.78 is 0. The highest BCUT2D eigenvalue weighted by molar-refractivity contribution is 5.95. The monoisotopic (exact) mass is 292 g/mol. The van der Waals surface area contributed by atoms with Crippen molar-refractivity contribution in [1.29, 1.82) is 0 Å². The summed E-state index contributed by atoms with van der Waals surface area (Å²) in [6.07, 6.45) is 2.33. The number of carbonyl (C=O) groups is 1. The van der Waals surface area contributed by atoms with Gasteiger partial charge in [-0.15, -0.1) is 0 Å². The number of carbonyl (C=O) groups excluding carboxylic acids is 1. The van der Waals surface area contributed by atoms with Crippen LogP contribution in [0.5, 0.6) is 0 Å². The van der Waals surface area contributed by atoms with Gasteiger partial charge in [0.25, 0.3) is 0 Å². The Bertz CT molecular complexity index is 804. The van der Waals surface area contributed by atoms with E-state index < -0.39 is 0 Å². The number of anilines is 1. The highest BCUT2D eigenvalue weighted by Crippen LogP contribution is 2.19. The zero-order valence-corrected chi connectivity index (χ0v) is 13.0. The molecule has 1 heterocycles. The normalized spacial score (nSPS) is 10.8. The Balaban J connectivity index is 1.82. The Hall–Kier alpha value is -2.55. The number of likely N-dealkylation sites (N-methyl/N-ethyl adjacent to an activating group) is 1. The van der Waals surface area contributed by atoms with Crippen molar-refractivity contribution in [2.45, 2.75) is 20.3 Å². The lowest BCUT2D eigenvalue weighted by molar-refractivity contribution is -0.117. The molecule has 0 spiro atoms. The molecule has 3 heteroatoms. The van der Waals surface area contributed by atoms with Crippen LogP contribution in [0.15, 0.2) is 54.7 Å². The molecule has 112 valence electrons. The maximum absolute atomic E-state index is 12.6. The minimum atomic E-state index is 0.124. The third kappa shape index (κ3) is 2.89. The van der Waals surface area contributed by atoms with Crippen molar-refractivity contribution in [2.24, 2.45) is 0 Å². The molecule has 0 aliphatic carbocycles. The molecular formula is C19H20N2O. The molecule has 3 nitrogen and oxygen atoms in total. The Morgan fingerprint density at radius 3 is 2.77 bits per heavy atom. The summed E-state index contributed by atoms with van der Waals surface area (Å²) in [6.45, 7) is 4.72. The van der Waals surface area contributed by atoms with Gasteiger partial charge in [-0.2, -0.15) is 0 Å². The number of benzene rings is 2. The minimum absolute atomic E-state index is 0.124. The van der Waals surface area contributed by atoms with Gasteiger partial charge in [-0.3, -0.25) is 4.79 Å². The summed E-state index contributed by atoms with van der Waals surface area (Å²) >= 11 is 0. The fraction of sp³-hybridized carbons (Fsp3) is 0.211. The molecule has 1 N–H and O–H groups in total. The second-order valence-corrected chi connectivity index (χ2v) is 5.55. The first kappa shape index (κ1) is 14.4. The van der Waals surface area contributed by atoms with Crippen LogP contribution in [0.3, 0.4) is 0 Å². The van der Waals surface area contributed by atoms with Crippen molar-refractivity contribution >= 4 is 22.5 Å². The molecule has 1 amide bonds. The number of amides is 1. The molecule has 0 aliphatic heterocycles. The van der Waals surface area contributed by atoms with E-state index in [-0.39, 0.29) is 5.91 Å². The number of aromatic amines is 1. The fourth-order valence-corrected chi connectivity index (χ4v) is 2.77. The minimum Gasteiger partial charge on any atom is -0.361 e. The summed E-state index contributed by atoms with van der Waals surface area (Å²) in [5.74, 6) is 0.124. The average molecular weight is 292 g/mol. The molecule has 0 aliphatic rings. The van der Waals surface area contributed by atoms with E-state index in [9.17, 15) is 4.79 Å². The van der Waals surface area contributed by atoms with Crippen molar-refractivity contribution in [2.75, 3.05) is 11.4 Å². The van der Waals surface area contributed by atoms with Crippen LogP contribution in [0.1, 0.15) is 18.1 Å². The molecule has 2 aromatic carbocycles. The highest BCUT2D eigenvalue weighted by Gasteiger charge is 2.14. The number of fused-ring (bicyclic) bond motifs is 1. The van der Waals surface area contributed by atoms with Gasteiger partial charge in [0.05, 0.1) is 6.42 Å². The van der Waals surface area contributed by atoms with E-state index in [1.165, 1.54) is 5.39 Å². The molecule has 22 heavy (non-hydrogen) atoms. The van der Waals surface area contributed by atoms with Gasteiger partial charge < -0.3 is 9.88 Å². The van der Waals surface area contributed by atoms with E-state index in [2.05, 4.69) is 23.2 Å². The van der Waals surface area contributed by atoms with Gasteiger partial charge in [0.1, 0.15) is 0 Å². The smallest absolute Gasteiger partial charge is 0.231 e. The van der Waals surface area contributed by atoms with Crippen LogP contribution in [-0.4, -0.2) is 17.4 Å². The van der Waals surface area contributed by atoms with Crippen molar-refractivity contribution < 1.29 is 4.79 Å². The van der Waals surface area contributed by atoms with Crippen LogP contribution < -0.4 is 4.90 Å². The third-order valence-electron chi connectivity index (χ3n) is 3.91. The van der Waals surface area contributed by atoms with Gasteiger partial charge in [0, 0.05) is 23.9 Å².